The predicted molar refractivity (Wildman–Crippen MR) is 87.3 cm³/mol. The van der Waals surface area contributed by atoms with Crippen molar-refractivity contribution < 1.29 is 4.55 Å². The van der Waals surface area contributed by atoms with Gasteiger partial charge in [0.15, 0.2) is 5.82 Å². The van der Waals surface area contributed by atoms with E-state index in [9.17, 15) is 4.55 Å². The second-order valence-corrected chi connectivity index (χ2v) is 8.64. The number of nitrogens with zero attached hydrogens (tertiary/aromatic N) is 3. The van der Waals surface area contributed by atoms with E-state index in [-0.39, 0.29) is 10.8 Å². The Bertz CT molecular complexity index is 609. The Morgan fingerprint density at radius 1 is 1.38 bits per heavy atom. The van der Waals surface area contributed by atoms with E-state index in [1.165, 1.54) is 11.5 Å². The fourth-order valence-corrected chi connectivity index (χ4v) is 3.13. The molecule has 2 aromatic heterocycles. The second-order valence-electron chi connectivity index (χ2n) is 5.86. The highest BCUT2D eigenvalue weighted by atomic mass is 32.2. The molecule has 0 radical (unpaired) electrons. The molecule has 0 spiro atoms. The lowest BCUT2D eigenvalue weighted by Gasteiger charge is -2.25. The van der Waals surface area contributed by atoms with Crippen LogP contribution in [0.5, 0.6) is 0 Å². The molecule has 5 nitrogen and oxygen atoms in total. The normalized spacial score (nSPS) is 15.0. The first-order chi connectivity index (χ1) is 9.77. The number of rotatable bonds is 4. The Morgan fingerprint density at radius 3 is 2.71 bits per heavy atom. The van der Waals surface area contributed by atoms with Crippen LogP contribution in [0.2, 0.25) is 0 Å². The third kappa shape index (κ3) is 4.23. The summed E-state index contributed by atoms with van der Waals surface area (Å²) in [5, 5.41) is 0.831. The van der Waals surface area contributed by atoms with Crippen LogP contribution in [-0.2, 0) is 11.4 Å². The van der Waals surface area contributed by atoms with E-state index >= 15 is 0 Å². The lowest BCUT2D eigenvalue weighted by molar-refractivity contribution is 0.531. The largest absolute Gasteiger partial charge is 0.598 e. The summed E-state index contributed by atoms with van der Waals surface area (Å²) in [5.74, 6) is 0.690. The van der Waals surface area contributed by atoms with Crippen LogP contribution in [-0.4, -0.2) is 23.6 Å². The third-order valence-electron chi connectivity index (χ3n) is 2.81. The summed E-state index contributed by atoms with van der Waals surface area (Å²) in [5.41, 5.74) is 1.89. The van der Waals surface area contributed by atoms with Crippen LogP contribution >= 0.6 is 11.5 Å². The molecule has 0 unspecified atom stereocenters. The number of hydrogen-bond acceptors (Lipinski definition) is 6. The maximum Gasteiger partial charge on any atom is 0.173 e. The lowest BCUT2D eigenvalue weighted by atomic mass is 10.2. The molecule has 0 saturated carbocycles. The van der Waals surface area contributed by atoms with Gasteiger partial charge in [0.2, 0.25) is 0 Å². The van der Waals surface area contributed by atoms with Crippen LogP contribution in [0.3, 0.4) is 0 Å². The topological polar surface area (TPSA) is 73.8 Å². The molecule has 0 bridgehead atoms. The zero-order valence-electron chi connectivity index (χ0n) is 12.9. The van der Waals surface area contributed by atoms with Crippen molar-refractivity contribution in [1.29, 1.82) is 0 Å². The van der Waals surface area contributed by atoms with Crippen molar-refractivity contribution in [2.45, 2.75) is 45.4 Å². The number of aromatic nitrogens is 3. The Hall–Kier alpha value is -1.02. The van der Waals surface area contributed by atoms with Gasteiger partial charge in [0, 0.05) is 28.8 Å². The van der Waals surface area contributed by atoms with Crippen molar-refractivity contribution in [3.05, 3.63) is 29.0 Å². The van der Waals surface area contributed by atoms with E-state index in [1.54, 1.807) is 6.20 Å². The molecular formula is C14H20N4OS2. The highest BCUT2D eigenvalue weighted by Gasteiger charge is 2.29. The van der Waals surface area contributed by atoms with Gasteiger partial charge in [-0.25, -0.2) is 4.98 Å². The molecule has 0 aliphatic rings. The van der Waals surface area contributed by atoms with Crippen LogP contribution < -0.4 is 4.72 Å². The van der Waals surface area contributed by atoms with Gasteiger partial charge in [0.05, 0.1) is 0 Å². The maximum absolute atomic E-state index is 12.1. The highest BCUT2D eigenvalue weighted by Crippen LogP contribution is 2.24. The standard InChI is InChI=1S/C14H20N4OS2/c1-9-8-11(6-7-15-9)12-16-13(20-17-12)10(2)18-21(19)14(3,4)5/h6-8,10,18H,1-5H3/t10-,21+/m0/s1. The molecule has 7 heteroatoms. The van der Waals surface area contributed by atoms with Crippen LogP contribution in [0, 0.1) is 6.92 Å². The van der Waals surface area contributed by atoms with Gasteiger partial charge >= 0.3 is 0 Å². The first-order valence-corrected chi connectivity index (χ1v) is 8.64. The van der Waals surface area contributed by atoms with Gasteiger partial charge in [0.25, 0.3) is 0 Å². The first kappa shape index (κ1) is 16.4. The van der Waals surface area contributed by atoms with Crippen molar-refractivity contribution in [1.82, 2.24) is 19.1 Å². The number of aryl methyl sites for hydroxylation is 1. The summed E-state index contributed by atoms with van der Waals surface area (Å²) in [7, 11) is 0. The molecule has 2 aromatic rings. The van der Waals surface area contributed by atoms with Crippen molar-refractivity contribution in [3.63, 3.8) is 0 Å². The van der Waals surface area contributed by atoms with E-state index in [0.717, 1.165) is 16.3 Å². The molecule has 2 rings (SSSR count). The molecule has 0 aliphatic carbocycles. The molecule has 0 aromatic carbocycles. The second kappa shape index (κ2) is 6.39. The van der Waals surface area contributed by atoms with E-state index in [4.69, 9.17) is 0 Å². The Morgan fingerprint density at radius 2 is 2.10 bits per heavy atom. The molecule has 0 amide bonds. The minimum atomic E-state index is -1.13. The number of hydrogen-bond donors (Lipinski definition) is 1. The van der Waals surface area contributed by atoms with Crippen LogP contribution in [0.4, 0.5) is 0 Å². The summed E-state index contributed by atoms with van der Waals surface area (Å²) in [6.45, 7) is 9.70. The van der Waals surface area contributed by atoms with Crippen LogP contribution in [0.25, 0.3) is 11.4 Å². The quantitative estimate of drug-likeness (QED) is 0.875. The van der Waals surface area contributed by atoms with Crippen LogP contribution in [0.1, 0.15) is 44.4 Å². The summed E-state index contributed by atoms with van der Waals surface area (Å²) < 4.78 is 19.3. The Labute approximate surface area is 132 Å². The summed E-state index contributed by atoms with van der Waals surface area (Å²) in [6, 6.07) is 3.75. The molecule has 0 saturated heterocycles. The van der Waals surface area contributed by atoms with Gasteiger partial charge in [-0.3, -0.25) is 4.98 Å². The lowest BCUT2D eigenvalue weighted by Crippen LogP contribution is -2.40. The fourth-order valence-electron chi connectivity index (χ4n) is 1.60. The van der Waals surface area contributed by atoms with E-state index in [0.29, 0.717) is 5.82 Å². The molecule has 21 heavy (non-hydrogen) atoms. The predicted octanol–water partition coefficient (Wildman–Crippen LogP) is 3.02. The van der Waals surface area contributed by atoms with Gasteiger partial charge in [-0.2, -0.15) is 4.37 Å². The SMILES string of the molecule is Cc1cc(-c2nsc([C@H](C)N[S@+]([O-])C(C)(C)C)n2)ccn1. The zero-order chi connectivity index (χ0) is 15.6. The third-order valence-corrected chi connectivity index (χ3v) is 5.38. The molecule has 2 heterocycles. The number of pyridine rings is 1. The number of nitrogens with one attached hydrogen (secondary N) is 1. The van der Waals surface area contributed by atoms with Crippen molar-refractivity contribution in [2.24, 2.45) is 0 Å². The van der Waals surface area contributed by atoms with Gasteiger partial charge in [-0.05, 0) is 58.3 Å². The zero-order valence-corrected chi connectivity index (χ0v) is 14.5. The minimum absolute atomic E-state index is 0.0979. The van der Waals surface area contributed by atoms with Crippen molar-refractivity contribution in [2.75, 3.05) is 0 Å². The summed E-state index contributed by atoms with van der Waals surface area (Å²) >= 11 is 0.205. The Kier molecular flexibility index (Phi) is 4.98. The van der Waals surface area contributed by atoms with Crippen molar-refractivity contribution in [3.8, 4) is 11.4 Å². The molecule has 2 atom stereocenters. The molecule has 0 fully saturated rings. The van der Waals surface area contributed by atoms with Gasteiger partial charge < -0.3 is 4.55 Å². The van der Waals surface area contributed by atoms with Crippen LogP contribution in [0.15, 0.2) is 18.3 Å². The minimum Gasteiger partial charge on any atom is -0.598 e. The molecular weight excluding hydrogens is 304 g/mol. The van der Waals surface area contributed by atoms with Crippen molar-refractivity contribution >= 4 is 22.9 Å². The van der Waals surface area contributed by atoms with Gasteiger partial charge in [-0.15, -0.1) is 4.72 Å². The monoisotopic (exact) mass is 324 g/mol. The van der Waals surface area contributed by atoms with Gasteiger partial charge in [0.1, 0.15) is 15.8 Å². The summed E-state index contributed by atoms with van der Waals surface area (Å²) in [4.78, 5) is 8.71. The maximum atomic E-state index is 12.1. The average molecular weight is 324 g/mol. The molecule has 114 valence electrons. The van der Waals surface area contributed by atoms with Gasteiger partial charge in [-0.1, -0.05) is 0 Å². The highest BCUT2D eigenvalue weighted by molar-refractivity contribution is 7.90. The molecule has 1 N–H and O–H groups in total. The van der Waals surface area contributed by atoms with E-state index in [2.05, 4.69) is 19.1 Å². The van der Waals surface area contributed by atoms with E-state index in [1.807, 2.05) is 46.8 Å². The fraction of sp³-hybridized carbons (Fsp3) is 0.500. The first-order valence-electron chi connectivity index (χ1n) is 6.72. The average Bonchev–Trinajstić information content (AvgIpc) is 2.87. The Balaban J connectivity index is 2.13. The molecule has 0 aliphatic heterocycles. The summed E-state index contributed by atoms with van der Waals surface area (Å²) in [6.07, 6.45) is 1.75. The van der Waals surface area contributed by atoms with E-state index < -0.39 is 11.4 Å². The smallest absolute Gasteiger partial charge is 0.173 e.